The molecular formula is C21H24N6O. The monoisotopic (exact) mass is 376 g/mol. The van der Waals surface area contributed by atoms with Gasteiger partial charge in [0.2, 0.25) is 0 Å². The van der Waals surface area contributed by atoms with Gasteiger partial charge >= 0.3 is 0 Å². The molecule has 7 heteroatoms. The highest BCUT2D eigenvalue weighted by Crippen LogP contribution is 2.32. The number of ether oxygens (including phenoxy) is 1. The van der Waals surface area contributed by atoms with Crippen molar-refractivity contribution in [1.29, 1.82) is 0 Å². The molecule has 1 aliphatic carbocycles. The van der Waals surface area contributed by atoms with E-state index in [4.69, 9.17) is 14.7 Å². The van der Waals surface area contributed by atoms with Gasteiger partial charge in [-0.15, -0.1) is 0 Å². The van der Waals surface area contributed by atoms with Crippen LogP contribution in [0.1, 0.15) is 42.3 Å². The van der Waals surface area contributed by atoms with E-state index in [1.165, 1.54) is 5.56 Å². The van der Waals surface area contributed by atoms with Gasteiger partial charge in [0, 0.05) is 42.4 Å². The molecule has 5 rings (SSSR count). The topological polar surface area (TPSA) is 77.8 Å². The number of hydrogen-bond acceptors (Lipinski definition) is 6. The molecule has 144 valence electrons. The van der Waals surface area contributed by atoms with Gasteiger partial charge in [0.1, 0.15) is 5.82 Å². The SMILES string of the molecule is Cc1c(Nc2nc(-c3cccnc3)nc3c2CCC3)cnn1C1CCOCC1. The Hall–Kier alpha value is -2.80. The number of pyridine rings is 1. The van der Waals surface area contributed by atoms with Crippen LogP contribution >= 0.6 is 0 Å². The molecule has 1 N–H and O–H groups in total. The Balaban J connectivity index is 1.49. The van der Waals surface area contributed by atoms with Gasteiger partial charge < -0.3 is 10.1 Å². The van der Waals surface area contributed by atoms with Gasteiger partial charge in [-0.05, 0) is 51.2 Å². The van der Waals surface area contributed by atoms with Crippen molar-refractivity contribution in [3.8, 4) is 11.4 Å². The van der Waals surface area contributed by atoms with Crippen LogP contribution in [0.3, 0.4) is 0 Å². The Bertz CT molecular complexity index is 978. The predicted molar refractivity (Wildman–Crippen MR) is 107 cm³/mol. The number of fused-ring (bicyclic) bond motifs is 1. The lowest BCUT2D eigenvalue weighted by Gasteiger charge is -2.23. The predicted octanol–water partition coefficient (Wildman–Crippen LogP) is 3.63. The quantitative estimate of drug-likeness (QED) is 0.749. The molecule has 0 atom stereocenters. The lowest BCUT2D eigenvalue weighted by Crippen LogP contribution is -2.21. The molecule has 1 saturated heterocycles. The first kappa shape index (κ1) is 17.3. The molecule has 0 spiro atoms. The van der Waals surface area contributed by atoms with E-state index >= 15 is 0 Å². The Kier molecular flexibility index (Phi) is 4.52. The maximum Gasteiger partial charge on any atom is 0.163 e. The summed E-state index contributed by atoms with van der Waals surface area (Å²) in [5, 5.41) is 8.21. The third kappa shape index (κ3) is 3.16. The zero-order valence-electron chi connectivity index (χ0n) is 16.1. The van der Waals surface area contributed by atoms with Gasteiger partial charge in [0.25, 0.3) is 0 Å². The number of aromatic nitrogens is 5. The summed E-state index contributed by atoms with van der Waals surface area (Å²) in [7, 11) is 0. The van der Waals surface area contributed by atoms with Crippen molar-refractivity contribution in [2.24, 2.45) is 0 Å². The fourth-order valence-electron chi connectivity index (χ4n) is 4.13. The van der Waals surface area contributed by atoms with Crippen LogP contribution in [0.25, 0.3) is 11.4 Å². The molecule has 28 heavy (non-hydrogen) atoms. The van der Waals surface area contributed by atoms with Crippen molar-refractivity contribution in [3.05, 3.63) is 47.7 Å². The van der Waals surface area contributed by atoms with Gasteiger partial charge in [-0.1, -0.05) is 0 Å². The van der Waals surface area contributed by atoms with Crippen LogP contribution in [0.5, 0.6) is 0 Å². The summed E-state index contributed by atoms with van der Waals surface area (Å²) in [6.07, 6.45) is 10.6. The second-order valence-electron chi connectivity index (χ2n) is 7.47. The minimum absolute atomic E-state index is 0.409. The van der Waals surface area contributed by atoms with Gasteiger partial charge in [0.15, 0.2) is 5.82 Å². The van der Waals surface area contributed by atoms with E-state index in [0.717, 1.165) is 79.6 Å². The van der Waals surface area contributed by atoms with Crippen LogP contribution < -0.4 is 5.32 Å². The minimum atomic E-state index is 0.409. The summed E-state index contributed by atoms with van der Waals surface area (Å²) in [5.41, 5.74) is 5.46. The standard InChI is InChI=1S/C21H24N6O/c1-14-19(13-23-27(14)16-7-10-28-11-8-16)25-21-17-5-2-6-18(17)24-20(26-21)15-4-3-9-22-12-15/h3-4,9,12-13,16H,2,5-8,10-11H2,1H3,(H,24,25,26). The van der Waals surface area contributed by atoms with Crippen molar-refractivity contribution in [1.82, 2.24) is 24.7 Å². The number of aryl methyl sites for hydroxylation is 1. The molecule has 0 bridgehead atoms. The lowest BCUT2D eigenvalue weighted by molar-refractivity contribution is 0.0657. The van der Waals surface area contributed by atoms with Crippen LogP contribution in [0.4, 0.5) is 11.5 Å². The van der Waals surface area contributed by atoms with E-state index in [9.17, 15) is 0 Å². The van der Waals surface area contributed by atoms with Gasteiger partial charge in [0.05, 0.1) is 23.6 Å². The molecule has 0 radical (unpaired) electrons. The fourth-order valence-corrected chi connectivity index (χ4v) is 4.13. The van der Waals surface area contributed by atoms with Crippen molar-refractivity contribution in [2.75, 3.05) is 18.5 Å². The average molecular weight is 376 g/mol. The molecule has 0 aromatic carbocycles. The Morgan fingerprint density at radius 2 is 2.04 bits per heavy atom. The van der Waals surface area contributed by atoms with E-state index in [0.29, 0.717) is 6.04 Å². The van der Waals surface area contributed by atoms with Crippen molar-refractivity contribution in [3.63, 3.8) is 0 Å². The molecule has 7 nitrogen and oxygen atoms in total. The highest BCUT2D eigenvalue weighted by atomic mass is 16.5. The van der Waals surface area contributed by atoms with Crippen molar-refractivity contribution < 1.29 is 4.74 Å². The molecule has 0 saturated carbocycles. The first-order valence-corrected chi connectivity index (χ1v) is 9.98. The molecule has 0 unspecified atom stereocenters. The summed E-state index contributed by atoms with van der Waals surface area (Å²) in [5.74, 6) is 1.63. The largest absolute Gasteiger partial charge is 0.381 e. The summed E-state index contributed by atoms with van der Waals surface area (Å²) >= 11 is 0. The molecule has 0 amide bonds. The Morgan fingerprint density at radius 3 is 2.86 bits per heavy atom. The van der Waals surface area contributed by atoms with Crippen LogP contribution in [-0.2, 0) is 17.6 Å². The fraction of sp³-hybridized carbons (Fsp3) is 0.429. The van der Waals surface area contributed by atoms with E-state index in [1.807, 2.05) is 24.5 Å². The second-order valence-corrected chi connectivity index (χ2v) is 7.47. The first-order valence-electron chi connectivity index (χ1n) is 9.98. The molecule has 2 aliphatic rings. The van der Waals surface area contributed by atoms with E-state index in [1.54, 1.807) is 6.20 Å². The maximum atomic E-state index is 5.49. The Morgan fingerprint density at radius 1 is 1.14 bits per heavy atom. The highest BCUT2D eigenvalue weighted by Gasteiger charge is 2.23. The van der Waals surface area contributed by atoms with Crippen LogP contribution in [0.2, 0.25) is 0 Å². The first-order chi connectivity index (χ1) is 13.8. The summed E-state index contributed by atoms with van der Waals surface area (Å²) in [6, 6.07) is 4.33. The van der Waals surface area contributed by atoms with Gasteiger partial charge in [-0.25, -0.2) is 9.97 Å². The zero-order valence-corrected chi connectivity index (χ0v) is 16.1. The van der Waals surface area contributed by atoms with E-state index < -0.39 is 0 Å². The van der Waals surface area contributed by atoms with E-state index in [-0.39, 0.29) is 0 Å². The maximum absolute atomic E-state index is 5.49. The van der Waals surface area contributed by atoms with Gasteiger partial charge in [-0.3, -0.25) is 9.67 Å². The third-order valence-corrected chi connectivity index (χ3v) is 5.69. The third-order valence-electron chi connectivity index (χ3n) is 5.69. The molecule has 3 aromatic rings. The van der Waals surface area contributed by atoms with Crippen LogP contribution in [0, 0.1) is 6.92 Å². The summed E-state index contributed by atoms with van der Waals surface area (Å²) in [6.45, 7) is 3.73. The van der Waals surface area contributed by atoms with Crippen LogP contribution in [-0.4, -0.2) is 37.9 Å². The average Bonchev–Trinajstić information content (AvgIpc) is 3.36. The smallest absolute Gasteiger partial charge is 0.163 e. The molecular weight excluding hydrogens is 352 g/mol. The molecule has 1 aliphatic heterocycles. The molecule has 4 heterocycles. The van der Waals surface area contributed by atoms with Crippen LogP contribution in [0.15, 0.2) is 30.7 Å². The molecule has 3 aromatic heterocycles. The number of nitrogens with zero attached hydrogens (tertiary/aromatic N) is 5. The minimum Gasteiger partial charge on any atom is -0.381 e. The highest BCUT2D eigenvalue weighted by molar-refractivity contribution is 5.66. The Labute approximate surface area is 164 Å². The lowest BCUT2D eigenvalue weighted by atomic mass is 10.1. The summed E-state index contributed by atoms with van der Waals surface area (Å²) in [4.78, 5) is 13.9. The van der Waals surface area contributed by atoms with E-state index in [2.05, 4.69) is 27.0 Å². The van der Waals surface area contributed by atoms with Crippen molar-refractivity contribution in [2.45, 2.75) is 45.1 Å². The number of hydrogen-bond donors (Lipinski definition) is 1. The van der Waals surface area contributed by atoms with Crippen molar-refractivity contribution >= 4 is 11.5 Å². The number of rotatable bonds is 4. The second kappa shape index (κ2) is 7.31. The van der Waals surface area contributed by atoms with Gasteiger partial charge in [-0.2, -0.15) is 5.10 Å². The normalized spacial score (nSPS) is 16.9. The number of anilines is 2. The zero-order chi connectivity index (χ0) is 18.9. The molecule has 1 fully saturated rings. The number of nitrogens with one attached hydrogen (secondary N) is 1. The summed E-state index contributed by atoms with van der Waals surface area (Å²) < 4.78 is 7.62.